The lowest BCUT2D eigenvalue weighted by Crippen LogP contribution is -2.49. The highest BCUT2D eigenvalue weighted by Crippen LogP contribution is 2.60. The summed E-state index contributed by atoms with van der Waals surface area (Å²) in [5.41, 5.74) is 3.82. The zero-order chi connectivity index (χ0) is 22.8. The number of thioether (sulfide) groups is 2. The zero-order valence-corrected chi connectivity index (χ0v) is 20.0. The fraction of sp³-hybridized carbons (Fsp3) is 0.154. The first kappa shape index (κ1) is 21.7. The molecule has 0 amide bonds. The van der Waals surface area contributed by atoms with Crippen LogP contribution in [0.4, 0.5) is 11.4 Å². The predicted octanol–water partition coefficient (Wildman–Crippen LogP) is 6.26. The van der Waals surface area contributed by atoms with Crippen LogP contribution in [0.25, 0.3) is 0 Å². The number of carbonyl (C=O) groups is 1. The topological polar surface area (TPSA) is 45.1 Å². The minimum atomic E-state index is -0.750. The van der Waals surface area contributed by atoms with Crippen molar-refractivity contribution in [1.82, 2.24) is 0 Å². The van der Waals surface area contributed by atoms with E-state index in [-0.39, 0.29) is 5.97 Å². The van der Waals surface area contributed by atoms with Crippen molar-refractivity contribution in [3.05, 3.63) is 107 Å². The first-order valence-corrected chi connectivity index (χ1v) is 12.4. The third-order valence-corrected chi connectivity index (χ3v) is 8.29. The number of para-hydroxylation sites is 2. The number of benzene rings is 3. The SMILES string of the molecule is CCOC(=O)C1=C(C)N(c2ccccc2)[C@]2(SC(c3ccccc3)=NN2c2ccccc2)S1. The molecule has 3 aromatic rings. The summed E-state index contributed by atoms with van der Waals surface area (Å²) >= 11 is 3.12. The average Bonchev–Trinajstić information content (AvgIpc) is 3.38. The lowest BCUT2D eigenvalue weighted by atomic mass is 10.2. The van der Waals surface area contributed by atoms with Crippen LogP contribution in [-0.4, -0.2) is 21.9 Å². The molecule has 1 spiro atoms. The van der Waals surface area contributed by atoms with Gasteiger partial charge in [0.15, 0.2) is 0 Å². The summed E-state index contributed by atoms with van der Waals surface area (Å²) in [7, 11) is 0. The summed E-state index contributed by atoms with van der Waals surface area (Å²) in [6.45, 7) is 4.14. The molecule has 0 N–H and O–H groups in total. The van der Waals surface area contributed by atoms with Crippen molar-refractivity contribution in [1.29, 1.82) is 0 Å². The Morgan fingerprint density at radius 3 is 2.06 bits per heavy atom. The van der Waals surface area contributed by atoms with E-state index in [4.69, 9.17) is 9.84 Å². The van der Waals surface area contributed by atoms with Gasteiger partial charge in [-0.25, -0.2) is 9.80 Å². The Balaban J connectivity index is 1.68. The fourth-order valence-electron chi connectivity index (χ4n) is 3.92. The number of esters is 1. The smallest absolute Gasteiger partial charge is 0.346 e. The second-order valence-electron chi connectivity index (χ2n) is 7.48. The van der Waals surface area contributed by atoms with Crippen LogP contribution in [0, 0.1) is 0 Å². The largest absolute Gasteiger partial charge is 0.462 e. The van der Waals surface area contributed by atoms with Crippen LogP contribution in [0.5, 0.6) is 0 Å². The lowest BCUT2D eigenvalue weighted by Gasteiger charge is -2.41. The molecule has 3 aromatic carbocycles. The summed E-state index contributed by atoms with van der Waals surface area (Å²) < 4.78 is 4.68. The van der Waals surface area contributed by atoms with Gasteiger partial charge in [0.25, 0.3) is 0 Å². The standard InChI is InChI=1S/C26H23N3O2S2/c1-3-31-25(30)23-19(2)28(21-15-9-5-10-16-21)26(32-23)29(22-17-11-6-12-18-22)27-24(33-26)20-13-7-4-8-14-20/h4-18H,3H2,1-2H3/t26-/m1/s1. The molecule has 2 aliphatic heterocycles. The molecule has 33 heavy (non-hydrogen) atoms. The zero-order valence-electron chi connectivity index (χ0n) is 18.3. The highest BCUT2D eigenvalue weighted by atomic mass is 32.2. The summed E-state index contributed by atoms with van der Waals surface area (Å²) in [5.74, 6) is -0.306. The van der Waals surface area contributed by atoms with E-state index in [0.717, 1.165) is 27.7 Å². The molecule has 166 valence electrons. The Morgan fingerprint density at radius 1 is 0.879 bits per heavy atom. The molecule has 0 fully saturated rings. The van der Waals surface area contributed by atoms with E-state index in [1.165, 1.54) is 11.8 Å². The molecule has 0 unspecified atom stereocenters. The molecule has 5 rings (SSSR count). The number of hydrogen-bond donors (Lipinski definition) is 0. The van der Waals surface area contributed by atoms with Gasteiger partial charge in [-0.2, -0.15) is 5.10 Å². The molecular weight excluding hydrogens is 450 g/mol. The molecule has 7 heteroatoms. The van der Waals surface area contributed by atoms with E-state index in [1.807, 2.05) is 85.6 Å². The van der Waals surface area contributed by atoms with Gasteiger partial charge in [-0.05, 0) is 49.9 Å². The molecule has 5 nitrogen and oxygen atoms in total. The number of carbonyl (C=O) groups excluding carboxylic acids is 1. The van der Waals surface area contributed by atoms with E-state index in [1.54, 1.807) is 11.8 Å². The van der Waals surface area contributed by atoms with Crippen molar-refractivity contribution in [2.24, 2.45) is 5.10 Å². The Morgan fingerprint density at radius 2 is 1.45 bits per heavy atom. The maximum absolute atomic E-state index is 13.0. The van der Waals surface area contributed by atoms with Gasteiger partial charge in [0.1, 0.15) is 9.95 Å². The van der Waals surface area contributed by atoms with Gasteiger partial charge in [-0.15, -0.1) is 0 Å². The lowest BCUT2D eigenvalue weighted by molar-refractivity contribution is -0.137. The second-order valence-corrected chi connectivity index (χ2v) is 10.1. The number of nitrogens with zero attached hydrogens (tertiary/aromatic N) is 3. The molecular formula is C26H23N3O2S2. The van der Waals surface area contributed by atoms with Gasteiger partial charge in [-0.1, -0.05) is 78.5 Å². The van der Waals surface area contributed by atoms with Crippen molar-refractivity contribution < 1.29 is 9.53 Å². The third kappa shape index (κ3) is 3.81. The molecule has 0 bridgehead atoms. The van der Waals surface area contributed by atoms with Crippen LogP contribution >= 0.6 is 23.5 Å². The van der Waals surface area contributed by atoms with E-state index >= 15 is 0 Å². The summed E-state index contributed by atoms with van der Waals surface area (Å²) in [6, 6.07) is 30.4. The van der Waals surface area contributed by atoms with E-state index in [2.05, 4.69) is 29.2 Å². The fourth-order valence-corrected chi connectivity index (χ4v) is 6.98. The monoisotopic (exact) mass is 473 g/mol. The number of allylic oxidation sites excluding steroid dienone is 1. The van der Waals surface area contributed by atoms with E-state index in [0.29, 0.717) is 11.5 Å². The van der Waals surface area contributed by atoms with Crippen LogP contribution in [0.1, 0.15) is 19.4 Å². The first-order valence-electron chi connectivity index (χ1n) is 10.7. The molecule has 0 radical (unpaired) electrons. The van der Waals surface area contributed by atoms with Crippen LogP contribution < -0.4 is 9.91 Å². The molecule has 0 aromatic heterocycles. The molecule has 2 heterocycles. The molecule has 0 aliphatic carbocycles. The predicted molar refractivity (Wildman–Crippen MR) is 138 cm³/mol. The van der Waals surface area contributed by atoms with E-state index in [9.17, 15) is 4.79 Å². The number of hydrazone groups is 1. The summed E-state index contributed by atoms with van der Waals surface area (Å²) in [6.07, 6.45) is 0. The summed E-state index contributed by atoms with van der Waals surface area (Å²) in [4.78, 5) is 15.8. The van der Waals surface area contributed by atoms with Crippen molar-refractivity contribution in [2.45, 2.75) is 18.2 Å². The van der Waals surface area contributed by atoms with E-state index < -0.39 is 4.33 Å². The quantitative estimate of drug-likeness (QED) is 0.408. The average molecular weight is 474 g/mol. The Kier molecular flexibility index (Phi) is 5.91. The van der Waals surface area contributed by atoms with Crippen molar-refractivity contribution in [3.63, 3.8) is 0 Å². The number of anilines is 2. The normalized spacial score (nSPS) is 19.9. The first-order chi connectivity index (χ1) is 16.1. The highest BCUT2D eigenvalue weighted by molar-refractivity contribution is 8.28. The van der Waals surface area contributed by atoms with Crippen molar-refractivity contribution in [2.75, 3.05) is 16.5 Å². The number of ether oxygens (including phenoxy) is 1. The van der Waals surface area contributed by atoms with Gasteiger partial charge in [0, 0.05) is 16.9 Å². The van der Waals surface area contributed by atoms with Crippen LogP contribution in [-0.2, 0) is 9.53 Å². The number of hydrogen-bond acceptors (Lipinski definition) is 7. The van der Waals surface area contributed by atoms with Gasteiger partial charge in [0.05, 0.1) is 12.3 Å². The van der Waals surface area contributed by atoms with Gasteiger partial charge in [-0.3, -0.25) is 0 Å². The Hall–Kier alpha value is -3.16. The van der Waals surface area contributed by atoms with Gasteiger partial charge >= 0.3 is 5.97 Å². The molecule has 0 saturated heterocycles. The minimum Gasteiger partial charge on any atom is -0.462 e. The third-order valence-electron chi connectivity index (χ3n) is 5.37. The van der Waals surface area contributed by atoms with Crippen molar-refractivity contribution in [3.8, 4) is 0 Å². The van der Waals surface area contributed by atoms with Crippen molar-refractivity contribution >= 4 is 45.9 Å². The van der Waals surface area contributed by atoms with Gasteiger partial charge < -0.3 is 9.64 Å². The Labute approximate surface area is 202 Å². The summed E-state index contributed by atoms with van der Waals surface area (Å²) in [5, 5.41) is 8.00. The highest BCUT2D eigenvalue weighted by Gasteiger charge is 2.57. The van der Waals surface area contributed by atoms with Crippen LogP contribution in [0.2, 0.25) is 0 Å². The maximum Gasteiger partial charge on any atom is 0.346 e. The minimum absolute atomic E-state index is 0.306. The second kappa shape index (κ2) is 9.00. The molecule has 2 aliphatic rings. The maximum atomic E-state index is 13.0. The van der Waals surface area contributed by atoms with Crippen LogP contribution in [0.3, 0.4) is 0 Å². The van der Waals surface area contributed by atoms with Crippen LogP contribution in [0.15, 0.2) is 107 Å². The Bertz CT molecular complexity index is 1220. The molecule has 1 atom stereocenters. The van der Waals surface area contributed by atoms with Gasteiger partial charge in [0.2, 0.25) is 4.33 Å². The molecule has 0 saturated carbocycles. The number of rotatable bonds is 5.